The molecule has 0 unspecified atom stereocenters. The van der Waals surface area contributed by atoms with Crippen LogP contribution >= 0.6 is 12.2 Å². The molecule has 0 amide bonds. The number of rotatable bonds is 4. The highest BCUT2D eigenvalue weighted by Gasteiger charge is 2.37. The number of nitrogens with zero attached hydrogens (tertiary/aromatic N) is 1. The average molecular weight is 294 g/mol. The van der Waals surface area contributed by atoms with Gasteiger partial charge in [0.1, 0.15) is 16.1 Å². The van der Waals surface area contributed by atoms with Gasteiger partial charge in [0.25, 0.3) is 0 Å². The Morgan fingerprint density at radius 3 is 2.45 bits per heavy atom. The highest BCUT2D eigenvalue weighted by atomic mass is 32.1. The first-order valence-electron chi connectivity index (χ1n) is 7.75. The van der Waals surface area contributed by atoms with Crippen LogP contribution in [0.5, 0.6) is 0 Å². The zero-order valence-electron chi connectivity index (χ0n) is 13.1. The monoisotopic (exact) mass is 294 g/mol. The van der Waals surface area contributed by atoms with E-state index in [1.807, 2.05) is 0 Å². The second-order valence-corrected chi connectivity index (χ2v) is 6.46. The highest BCUT2D eigenvalue weighted by Crippen LogP contribution is 2.39. The van der Waals surface area contributed by atoms with Crippen LogP contribution in [-0.2, 0) is 10.3 Å². The number of aromatic nitrogens is 2. The van der Waals surface area contributed by atoms with Gasteiger partial charge in [0.2, 0.25) is 0 Å². The largest absolute Gasteiger partial charge is 0.367 e. The molecule has 20 heavy (non-hydrogen) atoms. The van der Waals surface area contributed by atoms with Crippen molar-refractivity contribution in [3.8, 4) is 0 Å². The fraction of sp³-hybridized carbons (Fsp3) is 0.750. The minimum atomic E-state index is -0.249. The third-order valence-electron chi connectivity index (χ3n) is 4.24. The molecule has 112 valence electrons. The van der Waals surface area contributed by atoms with Gasteiger partial charge in [-0.25, -0.2) is 4.98 Å². The summed E-state index contributed by atoms with van der Waals surface area (Å²) in [6.45, 7) is 9.19. The van der Waals surface area contributed by atoms with E-state index in [0.717, 1.165) is 34.6 Å². The van der Waals surface area contributed by atoms with Gasteiger partial charge in [-0.05, 0) is 32.6 Å². The summed E-state index contributed by atoms with van der Waals surface area (Å²) in [6.07, 6.45) is 5.78. The summed E-state index contributed by atoms with van der Waals surface area (Å²) >= 11 is 5.52. The molecule has 0 aliphatic heterocycles. The molecule has 0 bridgehead atoms. The van der Waals surface area contributed by atoms with Crippen LogP contribution in [0.1, 0.15) is 75.9 Å². The fourth-order valence-corrected chi connectivity index (χ4v) is 3.82. The van der Waals surface area contributed by atoms with Gasteiger partial charge in [0.15, 0.2) is 0 Å². The molecule has 0 spiro atoms. The van der Waals surface area contributed by atoms with Crippen molar-refractivity contribution in [2.45, 2.75) is 71.3 Å². The van der Waals surface area contributed by atoms with E-state index < -0.39 is 0 Å². The lowest BCUT2D eigenvalue weighted by Crippen LogP contribution is -2.35. The van der Waals surface area contributed by atoms with E-state index in [1.165, 1.54) is 19.3 Å². The predicted molar refractivity (Wildman–Crippen MR) is 84.6 cm³/mol. The maximum Gasteiger partial charge on any atom is 0.140 e. The molecule has 1 aliphatic rings. The molecule has 1 saturated carbocycles. The second-order valence-electron chi connectivity index (χ2n) is 6.07. The predicted octanol–water partition coefficient (Wildman–Crippen LogP) is 4.77. The van der Waals surface area contributed by atoms with Crippen molar-refractivity contribution in [3.05, 3.63) is 21.7 Å². The van der Waals surface area contributed by atoms with Gasteiger partial charge < -0.3 is 9.72 Å². The van der Waals surface area contributed by atoms with Crippen LogP contribution < -0.4 is 0 Å². The number of hydrogen-bond acceptors (Lipinski definition) is 3. The van der Waals surface area contributed by atoms with E-state index in [1.54, 1.807) is 0 Å². The van der Waals surface area contributed by atoms with Gasteiger partial charge in [-0.3, -0.25) is 0 Å². The third-order valence-corrected chi connectivity index (χ3v) is 4.56. The standard InChI is InChI=1S/C16H26N2OS/c1-5-19-16(9-7-6-8-10-16)15-17-12(4)13(11(2)3)14(20)18-15/h11H,5-10H2,1-4H3,(H,17,18,20). The van der Waals surface area contributed by atoms with Crippen molar-refractivity contribution in [1.29, 1.82) is 0 Å². The van der Waals surface area contributed by atoms with Crippen molar-refractivity contribution in [1.82, 2.24) is 9.97 Å². The molecule has 0 saturated heterocycles. The molecular formula is C16H26N2OS. The minimum absolute atomic E-state index is 0.249. The molecule has 1 aromatic heterocycles. The smallest absolute Gasteiger partial charge is 0.140 e. The number of hydrogen-bond donors (Lipinski definition) is 1. The lowest BCUT2D eigenvalue weighted by Gasteiger charge is -2.36. The van der Waals surface area contributed by atoms with Gasteiger partial charge in [-0.1, -0.05) is 45.3 Å². The summed E-state index contributed by atoms with van der Waals surface area (Å²) < 4.78 is 6.86. The Balaban J connectivity index is 2.47. The van der Waals surface area contributed by atoms with Crippen LogP contribution in [0.3, 0.4) is 0 Å². The summed E-state index contributed by atoms with van der Waals surface area (Å²) in [5.41, 5.74) is 2.05. The first kappa shape index (κ1) is 15.6. The molecule has 4 heteroatoms. The summed E-state index contributed by atoms with van der Waals surface area (Å²) in [5, 5.41) is 0. The topological polar surface area (TPSA) is 37.9 Å². The molecule has 0 atom stereocenters. The Bertz CT molecular complexity index is 510. The number of aromatic amines is 1. The molecule has 1 aliphatic carbocycles. The molecular weight excluding hydrogens is 268 g/mol. The van der Waals surface area contributed by atoms with Crippen molar-refractivity contribution >= 4 is 12.2 Å². The molecule has 0 aromatic carbocycles. The lowest BCUT2D eigenvalue weighted by atomic mass is 9.83. The Labute approximate surface area is 127 Å². The Morgan fingerprint density at radius 2 is 1.95 bits per heavy atom. The lowest BCUT2D eigenvalue weighted by molar-refractivity contribution is -0.0769. The van der Waals surface area contributed by atoms with Crippen LogP contribution in [0.25, 0.3) is 0 Å². The fourth-order valence-electron chi connectivity index (χ4n) is 3.34. The number of nitrogens with one attached hydrogen (secondary N) is 1. The normalized spacial score (nSPS) is 18.4. The van der Waals surface area contributed by atoms with Crippen LogP contribution in [0.15, 0.2) is 0 Å². The van der Waals surface area contributed by atoms with Crippen molar-refractivity contribution in [3.63, 3.8) is 0 Å². The van der Waals surface area contributed by atoms with Gasteiger partial charge in [-0.15, -0.1) is 0 Å². The third kappa shape index (κ3) is 2.96. The summed E-state index contributed by atoms with van der Waals surface area (Å²) in [6, 6.07) is 0. The summed E-state index contributed by atoms with van der Waals surface area (Å²) in [5.74, 6) is 1.33. The number of ether oxygens (including phenoxy) is 1. The SMILES string of the molecule is CCOC1(c2nc(=S)c(C(C)C)c(C)[nH]2)CCCCC1. The van der Waals surface area contributed by atoms with Gasteiger partial charge in [0, 0.05) is 17.9 Å². The maximum atomic E-state index is 6.13. The minimum Gasteiger partial charge on any atom is -0.367 e. The average Bonchev–Trinajstić information content (AvgIpc) is 2.38. The molecule has 1 N–H and O–H groups in total. The van der Waals surface area contributed by atoms with E-state index in [4.69, 9.17) is 21.9 Å². The quantitative estimate of drug-likeness (QED) is 0.813. The molecule has 1 fully saturated rings. The van der Waals surface area contributed by atoms with E-state index >= 15 is 0 Å². The van der Waals surface area contributed by atoms with Crippen molar-refractivity contribution in [2.75, 3.05) is 6.61 Å². The second kappa shape index (κ2) is 6.35. The van der Waals surface area contributed by atoms with Crippen LogP contribution in [0.4, 0.5) is 0 Å². The highest BCUT2D eigenvalue weighted by molar-refractivity contribution is 7.71. The zero-order chi connectivity index (χ0) is 14.8. The van der Waals surface area contributed by atoms with E-state index in [2.05, 4.69) is 32.7 Å². The molecule has 1 aromatic rings. The van der Waals surface area contributed by atoms with Crippen molar-refractivity contribution in [2.24, 2.45) is 0 Å². The van der Waals surface area contributed by atoms with Gasteiger partial charge >= 0.3 is 0 Å². The summed E-state index contributed by atoms with van der Waals surface area (Å²) in [4.78, 5) is 8.19. The Morgan fingerprint density at radius 1 is 1.30 bits per heavy atom. The van der Waals surface area contributed by atoms with E-state index in [9.17, 15) is 0 Å². The maximum absolute atomic E-state index is 6.13. The summed E-state index contributed by atoms with van der Waals surface area (Å²) in [7, 11) is 0. The van der Waals surface area contributed by atoms with Crippen molar-refractivity contribution < 1.29 is 4.74 Å². The molecule has 2 rings (SSSR count). The van der Waals surface area contributed by atoms with E-state index in [-0.39, 0.29) is 5.60 Å². The first-order valence-corrected chi connectivity index (χ1v) is 8.16. The Hall–Kier alpha value is -0.740. The number of aryl methyl sites for hydroxylation is 1. The zero-order valence-corrected chi connectivity index (χ0v) is 13.9. The van der Waals surface area contributed by atoms with Gasteiger partial charge in [-0.2, -0.15) is 0 Å². The van der Waals surface area contributed by atoms with Gasteiger partial charge in [0.05, 0.1) is 0 Å². The number of H-pyrrole nitrogens is 1. The van der Waals surface area contributed by atoms with Crippen LogP contribution in [0, 0.1) is 11.6 Å². The first-order chi connectivity index (χ1) is 9.50. The van der Waals surface area contributed by atoms with Crippen LogP contribution in [0.2, 0.25) is 0 Å². The molecule has 3 nitrogen and oxygen atoms in total. The molecule has 0 radical (unpaired) electrons. The van der Waals surface area contributed by atoms with E-state index in [0.29, 0.717) is 12.5 Å². The Kier molecular flexibility index (Phi) is 4.97. The van der Waals surface area contributed by atoms with Crippen LogP contribution in [-0.4, -0.2) is 16.6 Å². The molecule has 1 heterocycles.